The zero-order valence-corrected chi connectivity index (χ0v) is 12.5. The molecule has 0 saturated heterocycles. The van der Waals surface area contributed by atoms with Crippen LogP contribution in [-0.4, -0.2) is 25.2 Å². The van der Waals surface area contributed by atoms with Crippen molar-refractivity contribution >= 4 is 15.7 Å². The SMILES string of the molecule is CNC(C)c1cccc(NS(=O)(=O)c2ccnn2C)c1. The fraction of sp³-hybridized carbons (Fsp3) is 0.308. The Labute approximate surface area is 118 Å². The quantitative estimate of drug-likeness (QED) is 0.876. The van der Waals surface area contributed by atoms with Crippen molar-refractivity contribution in [1.82, 2.24) is 15.1 Å². The van der Waals surface area contributed by atoms with Crippen molar-refractivity contribution in [2.45, 2.75) is 18.0 Å². The van der Waals surface area contributed by atoms with E-state index in [-0.39, 0.29) is 11.1 Å². The standard InChI is InChI=1S/C13H18N4O2S/c1-10(14-2)11-5-4-6-12(9-11)16-20(18,19)13-7-8-15-17(13)3/h4-10,14,16H,1-3H3. The van der Waals surface area contributed by atoms with Gasteiger partial charge in [0.1, 0.15) is 0 Å². The van der Waals surface area contributed by atoms with E-state index in [1.54, 1.807) is 13.1 Å². The molecule has 0 radical (unpaired) electrons. The second-order valence-corrected chi connectivity index (χ2v) is 6.16. The zero-order chi connectivity index (χ0) is 14.8. The number of sulfonamides is 1. The molecule has 1 aromatic carbocycles. The van der Waals surface area contributed by atoms with Gasteiger partial charge >= 0.3 is 0 Å². The normalized spacial score (nSPS) is 13.2. The summed E-state index contributed by atoms with van der Waals surface area (Å²) in [5.74, 6) is 0. The van der Waals surface area contributed by atoms with E-state index in [1.165, 1.54) is 16.9 Å². The molecule has 0 aliphatic rings. The first-order valence-electron chi connectivity index (χ1n) is 6.22. The largest absolute Gasteiger partial charge is 0.313 e. The first-order chi connectivity index (χ1) is 9.44. The molecule has 108 valence electrons. The van der Waals surface area contributed by atoms with Crippen LogP contribution in [0, 0.1) is 0 Å². The Morgan fingerprint density at radius 1 is 1.30 bits per heavy atom. The van der Waals surface area contributed by atoms with Crippen LogP contribution in [0.3, 0.4) is 0 Å². The van der Waals surface area contributed by atoms with Crippen molar-refractivity contribution in [1.29, 1.82) is 0 Å². The van der Waals surface area contributed by atoms with Gasteiger partial charge in [-0.25, -0.2) is 0 Å². The third-order valence-corrected chi connectivity index (χ3v) is 4.58. The van der Waals surface area contributed by atoms with Crippen molar-refractivity contribution in [3.05, 3.63) is 42.1 Å². The summed E-state index contributed by atoms with van der Waals surface area (Å²) in [6.07, 6.45) is 1.45. The molecule has 0 aliphatic carbocycles. The van der Waals surface area contributed by atoms with Crippen LogP contribution < -0.4 is 10.0 Å². The van der Waals surface area contributed by atoms with Gasteiger partial charge in [0.2, 0.25) is 0 Å². The highest BCUT2D eigenvalue weighted by Gasteiger charge is 2.18. The second kappa shape index (κ2) is 5.64. The lowest BCUT2D eigenvalue weighted by Crippen LogP contribution is -2.17. The predicted molar refractivity (Wildman–Crippen MR) is 77.9 cm³/mol. The molecule has 1 unspecified atom stereocenters. The number of benzene rings is 1. The van der Waals surface area contributed by atoms with Gasteiger partial charge in [0.05, 0.1) is 6.20 Å². The summed E-state index contributed by atoms with van der Waals surface area (Å²) in [6.45, 7) is 2.01. The number of hydrogen-bond acceptors (Lipinski definition) is 4. The molecule has 20 heavy (non-hydrogen) atoms. The minimum Gasteiger partial charge on any atom is -0.313 e. The maximum atomic E-state index is 12.2. The van der Waals surface area contributed by atoms with E-state index in [0.717, 1.165) is 5.56 Å². The fourth-order valence-electron chi connectivity index (χ4n) is 1.87. The number of aryl methyl sites for hydroxylation is 1. The number of nitrogens with zero attached hydrogens (tertiary/aromatic N) is 2. The molecular formula is C13H18N4O2S. The molecular weight excluding hydrogens is 276 g/mol. The molecule has 2 N–H and O–H groups in total. The Morgan fingerprint density at radius 2 is 2.05 bits per heavy atom. The average molecular weight is 294 g/mol. The van der Waals surface area contributed by atoms with Crippen LogP contribution in [0.25, 0.3) is 0 Å². The van der Waals surface area contributed by atoms with E-state index in [4.69, 9.17) is 0 Å². The van der Waals surface area contributed by atoms with Crippen LogP contribution in [0.1, 0.15) is 18.5 Å². The Kier molecular flexibility index (Phi) is 4.10. The first-order valence-corrected chi connectivity index (χ1v) is 7.70. The topological polar surface area (TPSA) is 76.0 Å². The Balaban J connectivity index is 2.28. The molecule has 1 aromatic heterocycles. The lowest BCUT2D eigenvalue weighted by molar-refractivity contribution is 0.582. The predicted octanol–water partition coefficient (Wildman–Crippen LogP) is 1.50. The van der Waals surface area contributed by atoms with Gasteiger partial charge in [-0.2, -0.15) is 13.5 Å². The molecule has 0 saturated carbocycles. The van der Waals surface area contributed by atoms with Gasteiger partial charge < -0.3 is 5.32 Å². The number of anilines is 1. The molecule has 0 aliphatic heterocycles. The minimum absolute atomic E-state index is 0.129. The van der Waals surface area contributed by atoms with Crippen LogP contribution in [0.5, 0.6) is 0 Å². The molecule has 0 amide bonds. The fourth-order valence-corrected chi connectivity index (χ4v) is 3.05. The van der Waals surface area contributed by atoms with Gasteiger partial charge in [0, 0.05) is 18.8 Å². The van der Waals surface area contributed by atoms with E-state index in [1.807, 2.05) is 32.2 Å². The van der Waals surface area contributed by atoms with Gasteiger partial charge in [-0.3, -0.25) is 9.40 Å². The van der Waals surface area contributed by atoms with Gasteiger partial charge in [0.15, 0.2) is 5.03 Å². The van der Waals surface area contributed by atoms with Crippen LogP contribution in [-0.2, 0) is 17.1 Å². The van der Waals surface area contributed by atoms with Crippen LogP contribution in [0.15, 0.2) is 41.6 Å². The highest BCUT2D eigenvalue weighted by atomic mass is 32.2. The van der Waals surface area contributed by atoms with E-state index < -0.39 is 10.0 Å². The summed E-state index contributed by atoms with van der Waals surface area (Å²) in [7, 11) is -0.170. The van der Waals surface area contributed by atoms with E-state index >= 15 is 0 Å². The molecule has 6 nitrogen and oxygen atoms in total. The zero-order valence-electron chi connectivity index (χ0n) is 11.7. The molecule has 7 heteroatoms. The van der Waals surface area contributed by atoms with Crippen molar-refractivity contribution in [3.8, 4) is 0 Å². The van der Waals surface area contributed by atoms with Crippen molar-refractivity contribution in [2.75, 3.05) is 11.8 Å². The molecule has 2 rings (SSSR count). The maximum Gasteiger partial charge on any atom is 0.279 e. The molecule has 0 fully saturated rings. The summed E-state index contributed by atoms with van der Waals surface area (Å²) in [5.41, 5.74) is 1.54. The lowest BCUT2D eigenvalue weighted by Gasteiger charge is -2.13. The summed E-state index contributed by atoms with van der Waals surface area (Å²) < 4.78 is 28.4. The molecule has 1 heterocycles. The lowest BCUT2D eigenvalue weighted by atomic mass is 10.1. The maximum absolute atomic E-state index is 12.2. The number of nitrogens with one attached hydrogen (secondary N) is 2. The Bertz CT molecular complexity index is 694. The molecule has 0 spiro atoms. The average Bonchev–Trinajstić information content (AvgIpc) is 2.85. The van der Waals surface area contributed by atoms with Crippen LogP contribution >= 0.6 is 0 Å². The Hall–Kier alpha value is -1.86. The Morgan fingerprint density at radius 3 is 2.65 bits per heavy atom. The monoisotopic (exact) mass is 294 g/mol. The van der Waals surface area contributed by atoms with Gasteiger partial charge in [-0.15, -0.1) is 0 Å². The van der Waals surface area contributed by atoms with Crippen LogP contribution in [0.4, 0.5) is 5.69 Å². The highest BCUT2D eigenvalue weighted by Crippen LogP contribution is 2.20. The van der Waals surface area contributed by atoms with Gasteiger partial charge in [-0.05, 0) is 37.7 Å². The van der Waals surface area contributed by atoms with Gasteiger partial charge in [-0.1, -0.05) is 12.1 Å². The molecule has 1 atom stereocenters. The summed E-state index contributed by atoms with van der Waals surface area (Å²) in [4.78, 5) is 0. The number of hydrogen-bond donors (Lipinski definition) is 2. The van der Waals surface area contributed by atoms with Gasteiger partial charge in [0.25, 0.3) is 10.0 Å². The third-order valence-electron chi connectivity index (χ3n) is 3.12. The number of aromatic nitrogens is 2. The smallest absolute Gasteiger partial charge is 0.279 e. The van der Waals surface area contributed by atoms with Crippen molar-refractivity contribution in [2.24, 2.45) is 7.05 Å². The summed E-state index contributed by atoms with van der Waals surface area (Å²) in [6, 6.07) is 8.92. The summed E-state index contributed by atoms with van der Waals surface area (Å²) >= 11 is 0. The van der Waals surface area contributed by atoms with Crippen molar-refractivity contribution in [3.63, 3.8) is 0 Å². The van der Waals surface area contributed by atoms with E-state index in [9.17, 15) is 8.42 Å². The first kappa shape index (κ1) is 14.5. The third kappa shape index (κ3) is 3.00. The van der Waals surface area contributed by atoms with E-state index in [0.29, 0.717) is 5.69 Å². The minimum atomic E-state index is -3.62. The summed E-state index contributed by atoms with van der Waals surface area (Å²) in [5, 5.41) is 7.12. The van der Waals surface area contributed by atoms with Crippen molar-refractivity contribution < 1.29 is 8.42 Å². The highest BCUT2D eigenvalue weighted by molar-refractivity contribution is 7.92. The molecule has 0 bridgehead atoms. The van der Waals surface area contributed by atoms with Crippen LogP contribution in [0.2, 0.25) is 0 Å². The number of rotatable bonds is 5. The van der Waals surface area contributed by atoms with E-state index in [2.05, 4.69) is 15.1 Å². The molecule has 2 aromatic rings. The second-order valence-electron chi connectivity index (χ2n) is 4.53.